The van der Waals surface area contributed by atoms with Crippen molar-refractivity contribution in [2.45, 2.75) is 6.61 Å². The third-order valence-corrected chi connectivity index (χ3v) is 4.80. The highest BCUT2D eigenvalue weighted by Gasteiger charge is 2.11. The molecule has 1 amide bonds. The number of anilines is 1. The monoisotopic (exact) mass is 466 g/mol. The van der Waals surface area contributed by atoms with Crippen molar-refractivity contribution < 1.29 is 9.53 Å². The predicted octanol–water partition coefficient (Wildman–Crippen LogP) is 6.23. The number of carbonyl (C=O) groups is 1. The van der Waals surface area contributed by atoms with Gasteiger partial charge >= 0.3 is 0 Å². The fraction of sp³-hybridized carbons (Fsp3) is 0.0435. The quantitative estimate of drug-likeness (QED) is 0.345. The summed E-state index contributed by atoms with van der Waals surface area (Å²) in [6.45, 7) is 0.398. The molecule has 0 aliphatic heterocycles. The standard InChI is InChI=1S/C23H16BrClN2O2/c24-19-7-9-20(10-8-19)27-23(28)18(14-26)12-17-6-11-22(21(25)13-17)29-15-16-4-2-1-3-5-16/h1-13H,15H2,(H,27,28)/b18-12+. The Hall–Kier alpha value is -3.07. The first kappa shape index (κ1) is 20.7. The number of halogens is 2. The van der Waals surface area contributed by atoms with E-state index in [1.165, 1.54) is 6.08 Å². The summed E-state index contributed by atoms with van der Waals surface area (Å²) in [5.74, 6) is 0.0424. The minimum Gasteiger partial charge on any atom is -0.487 e. The van der Waals surface area contributed by atoms with Gasteiger partial charge in [0.15, 0.2) is 0 Å². The Labute approximate surface area is 182 Å². The van der Waals surface area contributed by atoms with Crippen LogP contribution in [0.15, 0.2) is 82.8 Å². The Bertz CT molecular complexity index is 1070. The SMILES string of the molecule is N#C/C(=C\c1ccc(OCc2ccccc2)c(Cl)c1)C(=O)Nc1ccc(Br)cc1. The van der Waals surface area contributed by atoms with E-state index in [0.29, 0.717) is 28.6 Å². The first-order valence-corrected chi connectivity index (χ1v) is 9.87. The van der Waals surface area contributed by atoms with Gasteiger partial charge in [-0.3, -0.25) is 4.79 Å². The Morgan fingerprint density at radius 1 is 1.10 bits per heavy atom. The molecule has 0 atom stereocenters. The van der Waals surface area contributed by atoms with Gasteiger partial charge in [0.05, 0.1) is 5.02 Å². The molecule has 0 aromatic heterocycles. The summed E-state index contributed by atoms with van der Waals surface area (Å²) in [6, 6.07) is 23.9. The zero-order chi connectivity index (χ0) is 20.6. The zero-order valence-electron chi connectivity index (χ0n) is 15.2. The minimum atomic E-state index is -0.490. The van der Waals surface area contributed by atoms with E-state index in [0.717, 1.165) is 10.0 Å². The molecule has 0 spiro atoms. The Kier molecular flexibility index (Phi) is 7.07. The van der Waals surface area contributed by atoms with Crippen LogP contribution in [0.5, 0.6) is 5.75 Å². The lowest BCUT2D eigenvalue weighted by Crippen LogP contribution is -2.13. The third kappa shape index (κ3) is 5.95. The number of ether oxygens (including phenoxy) is 1. The lowest BCUT2D eigenvalue weighted by atomic mass is 10.1. The van der Waals surface area contributed by atoms with Gasteiger partial charge in [0.1, 0.15) is 24.0 Å². The molecule has 0 aliphatic rings. The fourth-order valence-electron chi connectivity index (χ4n) is 2.51. The molecule has 6 heteroatoms. The molecular weight excluding hydrogens is 452 g/mol. The molecule has 0 aliphatic carbocycles. The van der Waals surface area contributed by atoms with Gasteiger partial charge in [-0.1, -0.05) is 63.9 Å². The average molecular weight is 468 g/mol. The highest BCUT2D eigenvalue weighted by atomic mass is 79.9. The van der Waals surface area contributed by atoms with Gasteiger partial charge in [-0.15, -0.1) is 0 Å². The number of rotatable bonds is 6. The van der Waals surface area contributed by atoms with E-state index in [2.05, 4.69) is 21.2 Å². The normalized spacial score (nSPS) is 10.9. The minimum absolute atomic E-state index is 0.0260. The average Bonchev–Trinajstić information content (AvgIpc) is 2.73. The molecule has 0 radical (unpaired) electrons. The number of hydrogen-bond acceptors (Lipinski definition) is 3. The molecule has 3 aromatic rings. The third-order valence-electron chi connectivity index (χ3n) is 3.97. The van der Waals surface area contributed by atoms with Crippen LogP contribution < -0.4 is 10.1 Å². The van der Waals surface area contributed by atoms with Gasteiger partial charge in [0, 0.05) is 10.2 Å². The van der Waals surface area contributed by atoms with Gasteiger partial charge in [0.2, 0.25) is 0 Å². The van der Waals surface area contributed by atoms with Crippen molar-refractivity contribution >= 4 is 45.2 Å². The largest absolute Gasteiger partial charge is 0.487 e. The summed E-state index contributed by atoms with van der Waals surface area (Å²) in [5.41, 5.74) is 2.23. The van der Waals surface area contributed by atoms with Crippen LogP contribution in [-0.4, -0.2) is 5.91 Å². The van der Waals surface area contributed by atoms with E-state index in [-0.39, 0.29) is 5.57 Å². The Morgan fingerprint density at radius 2 is 1.83 bits per heavy atom. The number of hydrogen-bond donors (Lipinski definition) is 1. The van der Waals surface area contributed by atoms with Crippen LogP contribution in [0, 0.1) is 11.3 Å². The molecule has 3 rings (SSSR count). The summed E-state index contributed by atoms with van der Waals surface area (Å²) in [4.78, 5) is 12.4. The van der Waals surface area contributed by atoms with E-state index in [9.17, 15) is 10.1 Å². The van der Waals surface area contributed by atoms with Crippen LogP contribution in [0.3, 0.4) is 0 Å². The maximum absolute atomic E-state index is 12.4. The highest BCUT2D eigenvalue weighted by Crippen LogP contribution is 2.27. The van der Waals surface area contributed by atoms with Gasteiger partial charge in [-0.2, -0.15) is 5.26 Å². The molecule has 0 bridgehead atoms. The Balaban J connectivity index is 1.70. The van der Waals surface area contributed by atoms with Crippen LogP contribution in [0.25, 0.3) is 6.08 Å². The summed E-state index contributed by atoms with van der Waals surface area (Å²) < 4.78 is 6.64. The molecular formula is C23H16BrClN2O2. The van der Waals surface area contributed by atoms with Crippen LogP contribution in [0.4, 0.5) is 5.69 Å². The Morgan fingerprint density at radius 3 is 2.48 bits per heavy atom. The van der Waals surface area contributed by atoms with Crippen molar-refractivity contribution in [3.63, 3.8) is 0 Å². The maximum Gasteiger partial charge on any atom is 0.266 e. The second-order valence-electron chi connectivity index (χ2n) is 6.09. The first-order valence-electron chi connectivity index (χ1n) is 8.70. The predicted molar refractivity (Wildman–Crippen MR) is 119 cm³/mol. The van der Waals surface area contributed by atoms with Crippen molar-refractivity contribution in [1.82, 2.24) is 0 Å². The maximum atomic E-state index is 12.4. The number of carbonyl (C=O) groups excluding carboxylic acids is 1. The molecule has 0 saturated heterocycles. The zero-order valence-corrected chi connectivity index (χ0v) is 17.6. The van der Waals surface area contributed by atoms with E-state index in [4.69, 9.17) is 16.3 Å². The summed E-state index contributed by atoms with van der Waals surface area (Å²) in [6.07, 6.45) is 1.49. The van der Waals surface area contributed by atoms with Crippen molar-refractivity contribution in [1.29, 1.82) is 5.26 Å². The van der Waals surface area contributed by atoms with Gasteiger partial charge < -0.3 is 10.1 Å². The van der Waals surface area contributed by atoms with Crippen LogP contribution in [0.1, 0.15) is 11.1 Å². The molecule has 3 aromatic carbocycles. The number of benzene rings is 3. The second kappa shape index (κ2) is 9.92. The molecule has 4 nitrogen and oxygen atoms in total. The topological polar surface area (TPSA) is 62.1 Å². The number of amides is 1. The number of nitrogens with zero attached hydrogens (tertiary/aromatic N) is 1. The number of nitriles is 1. The smallest absolute Gasteiger partial charge is 0.266 e. The molecule has 144 valence electrons. The molecule has 1 N–H and O–H groups in total. The van der Waals surface area contributed by atoms with E-state index in [1.54, 1.807) is 42.5 Å². The van der Waals surface area contributed by atoms with Crippen LogP contribution in [0.2, 0.25) is 5.02 Å². The summed E-state index contributed by atoms with van der Waals surface area (Å²) in [7, 11) is 0. The van der Waals surface area contributed by atoms with E-state index in [1.807, 2.05) is 36.4 Å². The van der Waals surface area contributed by atoms with Crippen LogP contribution >= 0.6 is 27.5 Å². The molecule has 0 fully saturated rings. The van der Waals surface area contributed by atoms with Crippen molar-refractivity contribution in [3.05, 3.63) is 99.0 Å². The summed E-state index contributed by atoms with van der Waals surface area (Å²) >= 11 is 9.64. The van der Waals surface area contributed by atoms with Crippen molar-refractivity contribution in [2.75, 3.05) is 5.32 Å². The van der Waals surface area contributed by atoms with Crippen molar-refractivity contribution in [2.24, 2.45) is 0 Å². The van der Waals surface area contributed by atoms with E-state index >= 15 is 0 Å². The van der Waals surface area contributed by atoms with Gasteiger partial charge in [-0.25, -0.2) is 0 Å². The first-order chi connectivity index (χ1) is 14.0. The van der Waals surface area contributed by atoms with Gasteiger partial charge in [-0.05, 0) is 53.6 Å². The molecule has 29 heavy (non-hydrogen) atoms. The number of nitrogens with one attached hydrogen (secondary N) is 1. The van der Waals surface area contributed by atoms with Crippen LogP contribution in [-0.2, 0) is 11.4 Å². The van der Waals surface area contributed by atoms with Gasteiger partial charge in [0.25, 0.3) is 5.91 Å². The van der Waals surface area contributed by atoms with Crippen molar-refractivity contribution in [3.8, 4) is 11.8 Å². The molecule has 0 heterocycles. The highest BCUT2D eigenvalue weighted by molar-refractivity contribution is 9.10. The molecule has 0 unspecified atom stereocenters. The lowest BCUT2D eigenvalue weighted by Gasteiger charge is -2.09. The lowest BCUT2D eigenvalue weighted by molar-refractivity contribution is -0.112. The molecule has 0 saturated carbocycles. The van der Waals surface area contributed by atoms with E-state index < -0.39 is 5.91 Å². The summed E-state index contributed by atoms with van der Waals surface area (Å²) in [5, 5.41) is 12.5. The fourth-order valence-corrected chi connectivity index (χ4v) is 3.01. The second-order valence-corrected chi connectivity index (χ2v) is 7.42.